The van der Waals surface area contributed by atoms with Gasteiger partial charge in [0.1, 0.15) is 0 Å². The molecule has 0 aliphatic heterocycles. The number of hydrogen-bond donors (Lipinski definition) is 2. The van der Waals surface area contributed by atoms with Crippen LogP contribution in [0.2, 0.25) is 10.0 Å². The molecule has 9 heteroatoms. The summed E-state index contributed by atoms with van der Waals surface area (Å²) in [7, 11) is 0. The molecule has 0 saturated carbocycles. The number of hydrogen-bond acceptors (Lipinski definition) is 4. The van der Waals surface area contributed by atoms with E-state index in [9.17, 15) is 19.7 Å². The van der Waals surface area contributed by atoms with Gasteiger partial charge in [-0.1, -0.05) is 29.3 Å². The molecular formula is C18H13Cl2N3O4. The highest BCUT2D eigenvalue weighted by Crippen LogP contribution is 2.23. The third kappa shape index (κ3) is 6.58. The number of nitrogens with one attached hydrogen (secondary N) is 2. The molecular weight excluding hydrogens is 393 g/mol. The fourth-order valence-electron chi connectivity index (χ4n) is 1.87. The molecule has 0 atom stereocenters. The smallest absolute Gasteiger partial charge is 0.268 e. The Balaban J connectivity index is 1.83. The fraction of sp³-hybridized carbons (Fsp3) is 0. The molecule has 0 saturated heterocycles. The van der Waals surface area contributed by atoms with Gasteiger partial charge in [0.2, 0.25) is 0 Å². The number of benzene rings is 2. The third-order valence-electron chi connectivity index (χ3n) is 3.21. The van der Waals surface area contributed by atoms with Crippen molar-refractivity contribution in [2.45, 2.75) is 0 Å². The summed E-state index contributed by atoms with van der Waals surface area (Å²) in [4.78, 5) is 33.4. The van der Waals surface area contributed by atoms with Crippen LogP contribution in [0.15, 0.2) is 54.6 Å². The highest BCUT2D eigenvalue weighted by Gasteiger charge is 2.03. The molecule has 0 spiro atoms. The number of nitrogens with zero attached hydrogens (tertiary/aromatic N) is 1. The van der Waals surface area contributed by atoms with Crippen LogP contribution in [0.5, 0.6) is 0 Å². The topological polar surface area (TPSA) is 101 Å². The summed E-state index contributed by atoms with van der Waals surface area (Å²) in [6.45, 7) is 0. The average Bonchev–Trinajstić information content (AvgIpc) is 2.66. The van der Waals surface area contributed by atoms with Gasteiger partial charge in [-0.2, -0.15) is 0 Å². The van der Waals surface area contributed by atoms with E-state index in [4.69, 9.17) is 23.2 Å². The van der Waals surface area contributed by atoms with E-state index >= 15 is 0 Å². The molecule has 0 aliphatic carbocycles. The minimum absolute atomic E-state index is 0.0439. The lowest BCUT2D eigenvalue weighted by atomic mass is 10.2. The van der Waals surface area contributed by atoms with Gasteiger partial charge < -0.3 is 0 Å². The summed E-state index contributed by atoms with van der Waals surface area (Å²) in [5.74, 6) is -1.11. The molecule has 0 aromatic heterocycles. The minimum Gasteiger partial charge on any atom is -0.268 e. The number of nitro benzene ring substituents is 1. The van der Waals surface area contributed by atoms with Crippen LogP contribution >= 0.6 is 23.2 Å². The van der Waals surface area contributed by atoms with Crippen LogP contribution < -0.4 is 10.9 Å². The Labute approximate surface area is 164 Å². The van der Waals surface area contributed by atoms with Gasteiger partial charge in [-0.25, -0.2) is 0 Å². The number of carbonyl (C=O) groups is 2. The molecule has 0 radical (unpaired) electrons. The maximum Gasteiger partial charge on any atom is 0.269 e. The molecule has 0 bridgehead atoms. The van der Waals surface area contributed by atoms with E-state index in [2.05, 4.69) is 10.9 Å². The molecule has 27 heavy (non-hydrogen) atoms. The minimum atomic E-state index is -0.565. The van der Waals surface area contributed by atoms with Crippen LogP contribution in [0, 0.1) is 10.1 Å². The van der Waals surface area contributed by atoms with E-state index in [0.717, 1.165) is 0 Å². The van der Waals surface area contributed by atoms with Gasteiger partial charge in [0.05, 0.1) is 15.0 Å². The fourth-order valence-corrected chi connectivity index (χ4v) is 2.18. The predicted molar refractivity (Wildman–Crippen MR) is 104 cm³/mol. The second-order valence-electron chi connectivity index (χ2n) is 5.17. The van der Waals surface area contributed by atoms with E-state index in [1.807, 2.05) is 0 Å². The third-order valence-corrected chi connectivity index (χ3v) is 3.95. The van der Waals surface area contributed by atoms with E-state index in [1.165, 1.54) is 48.6 Å². The number of rotatable bonds is 5. The molecule has 138 valence electrons. The van der Waals surface area contributed by atoms with E-state index < -0.39 is 16.7 Å². The first-order valence-electron chi connectivity index (χ1n) is 7.51. The number of nitro groups is 1. The highest BCUT2D eigenvalue weighted by molar-refractivity contribution is 6.42. The summed E-state index contributed by atoms with van der Waals surface area (Å²) >= 11 is 11.7. The number of hydrazine groups is 1. The van der Waals surface area contributed by atoms with Crippen molar-refractivity contribution in [1.29, 1.82) is 0 Å². The van der Waals surface area contributed by atoms with Crippen molar-refractivity contribution in [2.75, 3.05) is 0 Å². The first-order chi connectivity index (χ1) is 12.8. The lowest BCUT2D eigenvalue weighted by molar-refractivity contribution is -0.384. The van der Waals surface area contributed by atoms with Crippen LogP contribution in [0.1, 0.15) is 11.1 Å². The van der Waals surface area contributed by atoms with Crippen molar-refractivity contribution in [2.24, 2.45) is 0 Å². The van der Waals surface area contributed by atoms with Crippen LogP contribution in [-0.4, -0.2) is 16.7 Å². The standard InChI is InChI=1S/C18H13Cl2N3O4/c19-15-8-3-13(11-16(15)20)5-10-18(25)22-21-17(24)9-4-12-1-6-14(7-2-12)23(26)27/h1-11H,(H,21,24)(H,22,25)/b9-4+,10-5+. The second kappa shape index (κ2) is 9.51. The van der Waals surface area contributed by atoms with Gasteiger partial charge >= 0.3 is 0 Å². The number of halogens is 2. The van der Waals surface area contributed by atoms with Crippen molar-refractivity contribution < 1.29 is 14.5 Å². The molecule has 2 aromatic rings. The van der Waals surface area contributed by atoms with Crippen molar-refractivity contribution in [3.63, 3.8) is 0 Å². The summed E-state index contributed by atoms with van der Waals surface area (Å²) in [5.41, 5.74) is 5.65. The quantitative estimate of drug-likeness (QED) is 0.448. The zero-order valence-electron chi connectivity index (χ0n) is 13.7. The molecule has 0 unspecified atom stereocenters. The van der Waals surface area contributed by atoms with E-state index in [-0.39, 0.29) is 5.69 Å². The SMILES string of the molecule is O=C(/C=C/c1ccc([N+](=O)[O-])cc1)NNC(=O)/C=C/c1ccc(Cl)c(Cl)c1. The van der Waals surface area contributed by atoms with Gasteiger partial charge in [-0.3, -0.25) is 30.6 Å². The summed E-state index contributed by atoms with van der Waals surface area (Å²) in [6.07, 6.45) is 5.37. The zero-order chi connectivity index (χ0) is 19.8. The Morgan fingerprint density at radius 1 is 0.852 bits per heavy atom. The molecule has 2 aromatic carbocycles. The summed E-state index contributed by atoms with van der Waals surface area (Å²) < 4.78 is 0. The van der Waals surface area contributed by atoms with Gasteiger partial charge in [0, 0.05) is 24.3 Å². The average molecular weight is 406 g/mol. The van der Waals surface area contributed by atoms with Crippen molar-refractivity contribution in [3.05, 3.63) is 85.9 Å². The largest absolute Gasteiger partial charge is 0.269 e. The first kappa shape index (κ1) is 20.2. The Kier molecular flexibility index (Phi) is 7.10. The van der Waals surface area contributed by atoms with Gasteiger partial charge in [-0.15, -0.1) is 0 Å². The van der Waals surface area contributed by atoms with Gasteiger partial charge in [0.25, 0.3) is 17.5 Å². The monoisotopic (exact) mass is 405 g/mol. The zero-order valence-corrected chi connectivity index (χ0v) is 15.2. The number of carbonyl (C=O) groups excluding carboxylic acids is 2. The highest BCUT2D eigenvalue weighted by atomic mass is 35.5. The van der Waals surface area contributed by atoms with Crippen molar-refractivity contribution in [1.82, 2.24) is 10.9 Å². The second-order valence-corrected chi connectivity index (χ2v) is 5.98. The van der Waals surface area contributed by atoms with Gasteiger partial charge in [-0.05, 0) is 47.5 Å². The van der Waals surface area contributed by atoms with Crippen LogP contribution in [0.25, 0.3) is 12.2 Å². The molecule has 2 rings (SSSR count). The molecule has 0 heterocycles. The number of amides is 2. The Bertz CT molecular complexity index is 925. The Morgan fingerprint density at radius 3 is 1.89 bits per heavy atom. The molecule has 7 nitrogen and oxygen atoms in total. The predicted octanol–water partition coefficient (Wildman–Crippen LogP) is 3.78. The van der Waals surface area contributed by atoms with E-state index in [0.29, 0.717) is 21.2 Å². The van der Waals surface area contributed by atoms with Crippen LogP contribution in [0.4, 0.5) is 5.69 Å². The Morgan fingerprint density at radius 2 is 1.37 bits per heavy atom. The first-order valence-corrected chi connectivity index (χ1v) is 8.26. The molecule has 2 N–H and O–H groups in total. The van der Waals surface area contributed by atoms with Crippen molar-refractivity contribution >= 4 is 52.9 Å². The Hall–Kier alpha value is -3.16. The molecule has 2 amide bonds. The van der Waals surface area contributed by atoms with E-state index in [1.54, 1.807) is 18.2 Å². The lowest BCUT2D eigenvalue weighted by Crippen LogP contribution is -2.39. The summed E-state index contributed by atoms with van der Waals surface area (Å²) in [5, 5.41) is 11.3. The van der Waals surface area contributed by atoms with Gasteiger partial charge in [0.15, 0.2) is 0 Å². The maximum atomic E-state index is 11.7. The van der Waals surface area contributed by atoms with Crippen molar-refractivity contribution in [3.8, 4) is 0 Å². The van der Waals surface area contributed by atoms with Crippen LogP contribution in [0.3, 0.4) is 0 Å². The summed E-state index contributed by atoms with van der Waals surface area (Å²) in [6, 6.07) is 10.5. The molecule has 0 fully saturated rings. The number of non-ortho nitro benzene ring substituents is 1. The maximum absolute atomic E-state index is 11.7. The normalized spacial score (nSPS) is 10.9. The lowest BCUT2D eigenvalue weighted by Gasteiger charge is -2.02. The van der Waals surface area contributed by atoms with Crippen LogP contribution in [-0.2, 0) is 9.59 Å². The molecule has 0 aliphatic rings.